The third-order valence-electron chi connectivity index (χ3n) is 1.78. The van der Waals surface area contributed by atoms with Gasteiger partial charge in [0, 0.05) is 12.3 Å². The normalized spacial score (nSPS) is 9.82. The molecule has 0 unspecified atom stereocenters. The lowest BCUT2D eigenvalue weighted by molar-refractivity contribution is -0.119. The number of carbonyl (C=O) groups is 2. The second-order valence-electron chi connectivity index (χ2n) is 3.04. The first-order valence-electron chi connectivity index (χ1n) is 4.65. The van der Waals surface area contributed by atoms with E-state index in [-0.39, 0.29) is 28.0 Å². The van der Waals surface area contributed by atoms with Crippen LogP contribution < -0.4 is 10.6 Å². The van der Waals surface area contributed by atoms with Crippen LogP contribution in [0.4, 0.5) is 10.5 Å². The number of urea groups is 1. The van der Waals surface area contributed by atoms with Gasteiger partial charge in [-0.05, 0) is 12.1 Å². The Labute approximate surface area is 113 Å². The molecule has 4 nitrogen and oxygen atoms in total. The molecular formula is C10H9Cl3N2O2. The molecule has 7 heteroatoms. The van der Waals surface area contributed by atoms with E-state index in [1.165, 1.54) is 0 Å². The summed E-state index contributed by atoms with van der Waals surface area (Å²) >= 11 is 17.0. The van der Waals surface area contributed by atoms with Crippen LogP contribution in [-0.2, 0) is 4.79 Å². The molecule has 0 saturated carbocycles. The first-order chi connectivity index (χ1) is 8.04. The van der Waals surface area contributed by atoms with Crippen LogP contribution in [0.1, 0.15) is 6.42 Å². The van der Waals surface area contributed by atoms with Gasteiger partial charge in [0.2, 0.25) is 5.91 Å². The summed E-state index contributed by atoms with van der Waals surface area (Å²) in [4.78, 5) is 22.5. The molecule has 0 aliphatic rings. The Balaban J connectivity index is 2.65. The van der Waals surface area contributed by atoms with E-state index < -0.39 is 11.9 Å². The SMILES string of the molecule is O=C(CCCl)NC(=O)Nc1c(Cl)cccc1Cl. The van der Waals surface area contributed by atoms with E-state index in [0.717, 1.165) is 0 Å². The molecule has 0 saturated heterocycles. The van der Waals surface area contributed by atoms with Gasteiger partial charge in [-0.25, -0.2) is 4.79 Å². The van der Waals surface area contributed by atoms with Gasteiger partial charge in [-0.15, -0.1) is 11.6 Å². The van der Waals surface area contributed by atoms with E-state index in [4.69, 9.17) is 34.8 Å². The fourth-order valence-electron chi connectivity index (χ4n) is 1.04. The van der Waals surface area contributed by atoms with Crippen molar-refractivity contribution in [3.8, 4) is 0 Å². The van der Waals surface area contributed by atoms with E-state index in [1.807, 2.05) is 0 Å². The molecule has 0 spiro atoms. The van der Waals surface area contributed by atoms with Gasteiger partial charge in [0.05, 0.1) is 15.7 Å². The maximum atomic E-state index is 11.4. The molecule has 17 heavy (non-hydrogen) atoms. The predicted octanol–water partition coefficient (Wildman–Crippen LogP) is 3.27. The van der Waals surface area contributed by atoms with Crippen LogP contribution in [0.2, 0.25) is 10.0 Å². The Morgan fingerprint density at radius 1 is 1.18 bits per heavy atom. The second kappa shape index (κ2) is 6.69. The summed E-state index contributed by atoms with van der Waals surface area (Å²) in [5, 5.41) is 5.06. The summed E-state index contributed by atoms with van der Waals surface area (Å²) in [6, 6.07) is 4.09. The molecule has 0 aromatic heterocycles. The summed E-state index contributed by atoms with van der Waals surface area (Å²) in [5.41, 5.74) is 0.256. The van der Waals surface area contributed by atoms with Gasteiger partial charge < -0.3 is 5.32 Å². The van der Waals surface area contributed by atoms with Crippen molar-refractivity contribution in [2.45, 2.75) is 6.42 Å². The van der Waals surface area contributed by atoms with E-state index in [9.17, 15) is 9.59 Å². The fraction of sp³-hybridized carbons (Fsp3) is 0.200. The highest BCUT2D eigenvalue weighted by molar-refractivity contribution is 6.39. The summed E-state index contributed by atoms with van der Waals surface area (Å²) in [7, 11) is 0. The molecule has 2 N–H and O–H groups in total. The molecule has 0 aliphatic heterocycles. The number of hydrogen-bond donors (Lipinski definition) is 2. The summed E-state index contributed by atoms with van der Waals surface area (Å²) in [6.07, 6.45) is 0.0607. The van der Waals surface area contributed by atoms with Gasteiger partial charge in [-0.2, -0.15) is 0 Å². The number of para-hydroxylation sites is 1. The lowest BCUT2D eigenvalue weighted by atomic mass is 10.3. The van der Waals surface area contributed by atoms with Crippen molar-refractivity contribution in [2.24, 2.45) is 0 Å². The van der Waals surface area contributed by atoms with Gasteiger partial charge in [-0.3, -0.25) is 10.1 Å². The smallest absolute Gasteiger partial charge is 0.305 e. The first kappa shape index (κ1) is 14.1. The Morgan fingerprint density at radius 2 is 1.76 bits per heavy atom. The molecule has 0 heterocycles. The minimum Gasteiger partial charge on any atom is -0.305 e. The molecule has 1 rings (SSSR count). The first-order valence-corrected chi connectivity index (χ1v) is 5.94. The lowest BCUT2D eigenvalue weighted by Gasteiger charge is -2.09. The molecule has 1 aromatic rings. The second-order valence-corrected chi connectivity index (χ2v) is 4.23. The largest absolute Gasteiger partial charge is 0.325 e. The van der Waals surface area contributed by atoms with E-state index >= 15 is 0 Å². The van der Waals surface area contributed by atoms with Crippen molar-refractivity contribution in [3.63, 3.8) is 0 Å². The predicted molar refractivity (Wildman–Crippen MR) is 69.0 cm³/mol. The number of alkyl halides is 1. The number of halogens is 3. The molecular weight excluding hydrogens is 286 g/mol. The van der Waals surface area contributed by atoms with E-state index in [0.29, 0.717) is 0 Å². The Kier molecular flexibility index (Phi) is 5.55. The third-order valence-corrected chi connectivity index (χ3v) is 2.59. The minimum absolute atomic E-state index is 0.0607. The maximum Gasteiger partial charge on any atom is 0.325 e. The quantitative estimate of drug-likeness (QED) is 0.841. The monoisotopic (exact) mass is 294 g/mol. The molecule has 3 amide bonds. The standard InChI is InChI=1S/C10H9Cl3N2O2/c11-5-4-8(16)14-10(17)15-9-6(12)2-1-3-7(9)13/h1-3H,4-5H2,(H2,14,15,16,17). The van der Waals surface area contributed by atoms with Crippen LogP contribution in [0.3, 0.4) is 0 Å². The van der Waals surface area contributed by atoms with Crippen LogP contribution in [0.25, 0.3) is 0 Å². The minimum atomic E-state index is -0.699. The van der Waals surface area contributed by atoms with E-state index in [1.54, 1.807) is 18.2 Å². The van der Waals surface area contributed by atoms with Crippen LogP contribution in [0.5, 0.6) is 0 Å². The van der Waals surface area contributed by atoms with Gasteiger partial charge in [-0.1, -0.05) is 29.3 Å². The van der Waals surface area contributed by atoms with Crippen molar-refractivity contribution in [3.05, 3.63) is 28.2 Å². The van der Waals surface area contributed by atoms with Crippen molar-refractivity contribution < 1.29 is 9.59 Å². The number of nitrogens with one attached hydrogen (secondary N) is 2. The van der Waals surface area contributed by atoms with Gasteiger partial charge >= 0.3 is 6.03 Å². The van der Waals surface area contributed by atoms with Crippen LogP contribution in [-0.4, -0.2) is 17.8 Å². The molecule has 0 fully saturated rings. The third kappa shape index (κ3) is 4.42. The number of imide groups is 1. The summed E-state index contributed by atoms with van der Waals surface area (Å²) in [6.45, 7) is 0. The summed E-state index contributed by atoms with van der Waals surface area (Å²) < 4.78 is 0. The molecule has 0 radical (unpaired) electrons. The number of anilines is 1. The maximum absolute atomic E-state index is 11.4. The van der Waals surface area contributed by atoms with E-state index in [2.05, 4.69) is 10.6 Å². The average Bonchev–Trinajstić information content (AvgIpc) is 2.24. The molecule has 0 atom stereocenters. The molecule has 0 aliphatic carbocycles. The number of carbonyl (C=O) groups excluding carboxylic acids is 2. The molecule has 0 bridgehead atoms. The molecule has 1 aromatic carbocycles. The topological polar surface area (TPSA) is 58.2 Å². The fourth-order valence-corrected chi connectivity index (χ4v) is 1.70. The van der Waals surface area contributed by atoms with Crippen molar-refractivity contribution in [2.75, 3.05) is 11.2 Å². The number of amides is 3. The van der Waals surface area contributed by atoms with Crippen LogP contribution >= 0.6 is 34.8 Å². The Hall–Kier alpha value is -0.970. The zero-order valence-electron chi connectivity index (χ0n) is 8.60. The van der Waals surface area contributed by atoms with Crippen molar-refractivity contribution >= 4 is 52.4 Å². The van der Waals surface area contributed by atoms with Gasteiger partial charge in [0.25, 0.3) is 0 Å². The Bertz CT molecular complexity index is 417. The summed E-state index contributed by atoms with van der Waals surface area (Å²) in [5.74, 6) is -0.327. The van der Waals surface area contributed by atoms with Crippen LogP contribution in [0, 0.1) is 0 Å². The average molecular weight is 296 g/mol. The number of benzene rings is 1. The highest BCUT2D eigenvalue weighted by atomic mass is 35.5. The van der Waals surface area contributed by atoms with Crippen molar-refractivity contribution in [1.82, 2.24) is 5.32 Å². The van der Waals surface area contributed by atoms with Gasteiger partial charge in [0.15, 0.2) is 0 Å². The van der Waals surface area contributed by atoms with Gasteiger partial charge in [0.1, 0.15) is 0 Å². The zero-order valence-corrected chi connectivity index (χ0v) is 10.9. The molecule has 92 valence electrons. The lowest BCUT2D eigenvalue weighted by Crippen LogP contribution is -2.34. The number of rotatable bonds is 3. The van der Waals surface area contributed by atoms with Crippen LogP contribution in [0.15, 0.2) is 18.2 Å². The highest BCUT2D eigenvalue weighted by Gasteiger charge is 2.11. The Morgan fingerprint density at radius 3 is 2.29 bits per heavy atom. The zero-order chi connectivity index (χ0) is 12.8. The van der Waals surface area contributed by atoms with Crippen molar-refractivity contribution in [1.29, 1.82) is 0 Å². The number of hydrogen-bond acceptors (Lipinski definition) is 2. The highest BCUT2D eigenvalue weighted by Crippen LogP contribution is 2.29.